The van der Waals surface area contributed by atoms with Crippen molar-refractivity contribution in [1.29, 1.82) is 0 Å². The maximum absolute atomic E-state index is 13.0. The topological polar surface area (TPSA) is 87.3 Å². The molecule has 7 nitrogen and oxygen atoms in total. The Morgan fingerprint density at radius 3 is 2.60 bits per heavy atom. The zero-order valence-corrected chi connectivity index (χ0v) is 16.8. The summed E-state index contributed by atoms with van der Waals surface area (Å²) >= 11 is 0. The number of aromatic amines is 1. The maximum Gasteiger partial charge on any atom is 0.255 e. The molecule has 2 aromatic carbocycles. The highest BCUT2D eigenvalue weighted by Crippen LogP contribution is 2.31. The Morgan fingerprint density at radius 2 is 1.87 bits per heavy atom. The van der Waals surface area contributed by atoms with Crippen LogP contribution < -0.4 is 10.1 Å². The van der Waals surface area contributed by atoms with Gasteiger partial charge in [-0.3, -0.25) is 14.7 Å². The third-order valence-electron chi connectivity index (χ3n) is 5.41. The fourth-order valence-corrected chi connectivity index (χ4v) is 3.80. The number of nitrogens with one attached hydrogen (secondary N) is 2. The minimum absolute atomic E-state index is 0.00302. The highest BCUT2D eigenvalue weighted by molar-refractivity contribution is 6.04. The van der Waals surface area contributed by atoms with Gasteiger partial charge in [0.15, 0.2) is 0 Å². The molecule has 1 aliphatic heterocycles. The Morgan fingerprint density at radius 1 is 1.10 bits per heavy atom. The van der Waals surface area contributed by atoms with E-state index < -0.39 is 0 Å². The molecule has 1 unspecified atom stereocenters. The number of piperidine rings is 1. The van der Waals surface area contributed by atoms with Gasteiger partial charge in [-0.1, -0.05) is 18.2 Å². The van der Waals surface area contributed by atoms with Crippen LogP contribution in [-0.2, 0) is 0 Å². The van der Waals surface area contributed by atoms with Crippen LogP contribution in [-0.4, -0.2) is 47.1 Å². The van der Waals surface area contributed by atoms with Gasteiger partial charge in [0.25, 0.3) is 11.8 Å². The quantitative estimate of drug-likeness (QED) is 0.679. The molecule has 0 radical (unpaired) electrons. The molecular formula is C23H24N4O3. The number of methoxy groups -OCH3 is 1. The van der Waals surface area contributed by atoms with Crippen molar-refractivity contribution in [3.63, 3.8) is 0 Å². The number of amides is 2. The van der Waals surface area contributed by atoms with E-state index in [9.17, 15) is 9.59 Å². The number of aromatic nitrogens is 2. The van der Waals surface area contributed by atoms with E-state index in [4.69, 9.17) is 4.74 Å². The van der Waals surface area contributed by atoms with Crippen LogP contribution >= 0.6 is 0 Å². The predicted octanol–water partition coefficient (Wildman–Crippen LogP) is 3.69. The molecule has 1 aromatic heterocycles. The Balaban J connectivity index is 1.46. The molecule has 7 heteroatoms. The zero-order chi connectivity index (χ0) is 20.9. The van der Waals surface area contributed by atoms with Gasteiger partial charge in [0.2, 0.25) is 0 Å². The molecule has 1 fully saturated rings. The Kier molecular flexibility index (Phi) is 5.79. The summed E-state index contributed by atoms with van der Waals surface area (Å²) in [4.78, 5) is 27.3. The minimum atomic E-state index is -0.180. The fraction of sp³-hybridized carbons (Fsp3) is 0.261. The number of hydrogen-bond donors (Lipinski definition) is 2. The van der Waals surface area contributed by atoms with Gasteiger partial charge in [0.05, 0.1) is 24.7 Å². The standard InChI is InChI=1S/C23H24N4O3/c1-30-19-11-9-17(10-12-19)23(29)27-13-5-8-18(15-27)21-20(14-24-26-21)25-22(28)16-6-3-2-4-7-16/h2-4,6-7,9-12,14,18H,5,8,13,15H2,1H3,(H,24,26)(H,25,28). The molecule has 1 aliphatic rings. The average molecular weight is 404 g/mol. The molecule has 2 N–H and O–H groups in total. The molecule has 1 saturated heterocycles. The number of rotatable bonds is 5. The van der Waals surface area contributed by atoms with Gasteiger partial charge in [-0.05, 0) is 49.2 Å². The summed E-state index contributed by atoms with van der Waals surface area (Å²) in [6.45, 7) is 1.28. The first-order valence-corrected chi connectivity index (χ1v) is 9.98. The summed E-state index contributed by atoms with van der Waals surface area (Å²) in [5, 5.41) is 10.1. The first-order chi connectivity index (χ1) is 14.7. The summed E-state index contributed by atoms with van der Waals surface area (Å²) in [5.74, 6) is 0.616. The van der Waals surface area contributed by atoms with Crippen LogP contribution in [0.2, 0.25) is 0 Å². The Bertz CT molecular complexity index is 1010. The number of H-pyrrole nitrogens is 1. The van der Waals surface area contributed by atoms with Gasteiger partial charge in [-0.25, -0.2) is 0 Å². The van der Waals surface area contributed by atoms with E-state index in [0.717, 1.165) is 24.3 Å². The first kappa shape index (κ1) is 19.7. The highest BCUT2D eigenvalue weighted by atomic mass is 16.5. The number of carbonyl (C=O) groups excluding carboxylic acids is 2. The molecule has 154 valence electrons. The van der Waals surface area contributed by atoms with Crippen molar-refractivity contribution in [2.75, 3.05) is 25.5 Å². The Hall–Kier alpha value is -3.61. The number of nitrogens with zero attached hydrogens (tertiary/aromatic N) is 2. The van der Waals surface area contributed by atoms with Crippen LogP contribution in [0.25, 0.3) is 0 Å². The first-order valence-electron chi connectivity index (χ1n) is 9.98. The second kappa shape index (κ2) is 8.82. The third-order valence-corrected chi connectivity index (χ3v) is 5.41. The van der Waals surface area contributed by atoms with Crippen molar-refractivity contribution < 1.29 is 14.3 Å². The second-order valence-electron chi connectivity index (χ2n) is 7.34. The number of carbonyl (C=O) groups is 2. The number of hydrogen-bond acceptors (Lipinski definition) is 4. The lowest BCUT2D eigenvalue weighted by Crippen LogP contribution is -2.39. The Labute approximate surface area is 175 Å². The molecular weight excluding hydrogens is 380 g/mol. The van der Waals surface area contributed by atoms with Crippen molar-refractivity contribution in [3.8, 4) is 5.75 Å². The molecule has 30 heavy (non-hydrogen) atoms. The SMILES string of the molecule is COc1ccc(C(=O)N2CCCC(c3[nH]ncc3NC(=O)c3ccccc3)C2)cc1. The van der Waals surface area contributed by atoms with Crippen LogP contribution in [0.3, 0.4) is 0 Å². The van der Waals surface area contributed by atoms with E-state index in [-0.39, 0.29) is 17.7 Å². The molecule has 0 bridgehead atoms. The average Bonchev–Trinajstić information content (AvgIpc) is 3.27. The van der Waals surface area contributed by atoms with Crippen LogP contribution in [0.5, 0.6) is 5.75 Å². The van der Waals surface area contributed by atoms with Gasteiger partial charge < -0.3 is 15.0 Å². The molecule has 0 aliphatic carbocycles. The third kappa shape index (κ3) is 4.20. The van der Waals surface area contributed by atoms with E-state index >= 15 is 0 Å². The van der Waals surface area contributed by atoms with E-state index in [1.807, 2.05) is 23.1 Å². The van der Waals surface area contributed by atoms with Crippen molar-refractivity contribution in [3.05, 3.63) is 77.6 Å². The van der Waals surface area contributed by atoms with E-state index in [1.165, 1.54) is 0 Å². The zero-order valence-electron chi connectivity index (χ0n) is 16.8. The number of likely N-dealkylation sites (tertiary alicyclic amines) is 1. The maximum atomic E-state index is 13.0. The van der Waals surface area contributed by atoms with Crippen LogP contribution in [0.1, 0.15) is 45.2 Å². The molecule has 4 rings (SSSR count). The summed E-state index contributed by atoms with van der Waals surface area (Å²) in [6, 6.07) is 16.2. The van der Waals surface area contributed by atoms with Gasteiger partial charge in [0, 0.05) is 30.1 Å². The summed E-state index contributed by atoms with van der Waals surface area (Å²) in [5.41, 5.74) is 2.74. The number of anilines is 1. The van der Waals surface area contributed by atoms with E-state index in [2.05, 4.69) is 15.5 Å². The van der Waals surface area contributed by atoms with Crippen LogP contribution in [0, 0.1) is 0 Å². The molecule has 1 atom stereocenters. The van der Waals surface area contributed by atoms with E-state index in [1.54, 1.807) is 49.7 Å². The molecule has 0 spiro atoms. The second-order valence-corrected chi connectivity index (χ2v) is 7.34. The molecule has 0 saturated carbocycles. The van der Waals surface area contributed by atoms with Crippen molar-refractivity contribution in [1.82, 2.24) is 15.1 Å². The van der Waals surface area contributed by atoms with Crippen molar-refractivity contribution in [2.45, 2.75) is 18.8 Å². The lowest BCUT2D eigenvalue weighted by atomic mass is 9.93. The normalized spacial score (nSPS) is 16.2. The number of ether oxygens (including phenoxy) is 1. The van der Waals surface area contributed by atoms with Crippen LogP contribution in [0.4, 0.5) is 5.69 Å². The fourth-order valence-electron chi connectivity index (χ4n) is 3.80. The summed E-state index contributed by atoms with van der Waals surface area (Å²) in [6.07, 6.45) is 3.43. The smallest absolute Gasteiger partial charge is 0.255 e. The van der Waals surface area contributed by atoms with Crippen LogP contribution in [0.15, 0.2) is 60.8 Å². The predicted molar refractivity (Wildman–Crippen MR) is 114 cm³/mol. The monoisotopic (exact) mass is 404 g/mol. The van der Waals surface area contributed by atoms with Gasteiger partial charge in [-0.2, -0.15) is 5.10 Å². The lowest BCUT2D eigenvalue weighted by molar-refractivity contribution is 0.0705. The summed E-state index contributed by atoms with van der Waals surface area (Å²) < 4.78 is 5.17. The largest absolute Gasteiger partial charge is 0.497 e. The van der Waals surface area contributed by atoms with Gasteiger partial charge in [-0.15, -0.1) is 0 Å². The van der Waals surface area contributed by atoms with Gasteiger partial charge in [0.1, 0.15) is 5.75 Å². The minimum Gasteiger partial charge on any atom is -0.497 e. The lowest BCUT2D eigenvalue weighted by Gasteiger charge is -2.32. The van der Waals surface area contributed by atoms with E-state index in [0.29, 0.717) is 29.9 Å². The summed E-state index contributed by atoms with van der Waals surface area (Å²) in [7, 11) is 1.60. The molecule has 2 amide bonds. The van der Waals surface area contributed by atoms with Crippen molar-refractivity contribution in [2.24, 2.45) is 0 Å². The van der Waals surface area contributed by atoms with Crippen molar-refractivity contribution >= 4 is 17.5 Å². The van der Waals surface area contributed by atoms with Gasteiger partial charge >= 0.3 is 0 Å². The highest BCUT2D eigenvalue weighted by Gasteiger charge is 2.28. The number of benzene rings is 2. The molecule has 2 heterocycles. The molecule has 3 aromatic rings.